The minimum atomic E-state index is -3.26. The largest absolute Gasteiger partial charge is 0.350 e. The van der Waals surface area contributed by atoms with Crippen molar-refractivity contribution < 1.29 is 13.2 Å². The van der Waals surface area contributed by atoms with Crippen molar-refractivity contribution in [3.8, 4) is 0 Å². The van der Waals surface area contributed by atoms with Crippen molar-refractivity contribution in [3.63, 3.8) is 0 Å². The molecule has 0 saturated carbocycles. The van der Waals surface area contributed by atoms with Crippen LogP contribution in [0.5, 0.6) is 0 Å². The van der Waals surface area contributed by atoms with Crippen molar-refractivity contribution in [3.05, 3.63) is 41.0 Å². The van der Waals surface area contributed by atoms with Gasteiger partial charge in [-0.05, 0) is 31.0 Å². The molecule has 1 saturated heterocycles. The number of pyridine rings is 1. The molecule has 0 bridgehead atoms. The monoisotopic (exact) mass is 367 g/mol. The zero-order valence-electron chi connectivity index (χ0n) is 13.2. The molecule has 1 aromatic heterocycles. The molecule has 0 aliphatic carbocycles. The maximum atomic E-state index is 12.5. The summed E-state index contributed by atoms with van der Waals surface area (Å²) in [5, 5.41) is 4.06. The molecule has 1 fully saturated rings. The van der Waals surface area contributed by atoms with Crippen LogP contribution in [0.2, 0.25) is 5.02 Å². The van der Waals surface area contributed by atoms with E-state index in [0.29, 0.717) is 22.6 Å². The number of nitrogens with one attached hydrogen (secondary N) is 1. The summed E-state index contributed by atoms with van der Waals surface area (Å²) in [6.45, 7) is 0.772. The quantitative estimate of drug-likeness (QED) is 0.896. The van der Waals surface area contributed by atoms with E-state index in [0.717, 1.165) is 18.2 Å². The third-order valence-corrected chi connectivity index (χ3v) is 5.71. The van der Waals surface area contributed by atoms with Gasteiger partial charge in [0.15, 0.2) is 0 Å². The molecule has 1 N–H and O–H groups in total. The van der Waals surface area contributed by atoms with Crippen LogP contribution in [0.25, 0.3) is 10.9 Å². The molecule has 8 heteroatoms. The third kappa shape index (κ3) is 3.53. The number of amides is 1. The number of hydrogen-bond donors (Lipinski definition) is 1. The minimum absolute atomic E-state index is 0.206. The molecule has 3 rings (SSSR count). The highest BCUT2D eigenvalue weighted by atomic mass is 35.5. The molecule has 1 aliphatic heterocycles. The van der Waals surface area contributed by atoms with Gasteiger partial charge in [-0.1, -0.05) is 17.7 Å². The van der Waals surface area contributed by atoms with Gasteiger partial charge in [0.25, 0.3) is 5.91 Å². The average Bonchev–Trinajstić information content (AvgIpc) is 3.00. The van der Waals surface area contributed by atoms with E-state index in [2.05, 4.69) is 10.3 Å². The number of fused-ring (bicyclic) bond motifs is 1. The lowest BCUT2D eigenvalue weighted by molar-refractivity contribution is 0.0948. The molecule has 0 unspecified atom stereocenters. The van der Waals surface area contributed by atoms with Crippen LogP contribution in [0.1, 0.15) is 23.2 Å². The van der Waals surface area contributed by atoms with E-state index >= 15 is 0 Å². The van der Waals surface area contributed by atoms with Gasteiger partial charge in [-0.2, -0.15) is 4.31 Å². The van der Waals surface area contributed by atoms with Crippen molar-refractivity contribution in [1.29, 1.82) is 0 Å². The predicted molar refractivity (Wildman–Crippen MR) is 93.7 cm³/mol. The molecule has 2 heterocycles. The zero-order valence-corrected chi connectivity index (χ0v) is 14.8. The lowest BCUT2D eigenvalue weighted by Crippen LogP contribution is -2.42. The summed E-state index contributed by atoms with van der Waals surface area (Å²) in [7, 11) is -3.26. The van der Waals surface area contributed by atoms with Crippen LogP contribution >= 0.6 is 11.6 Å². The van der Waals surface area contributed by atoms with Crippen molar-refractivity contribution >= 4 is 38.4 Å². The van der Waals surface area contributed by atoms with Crippen LogP contribution in [-0.2, 0) is 10.0 Å². The SMILES string of the molecule is CS(=O)(=O)N1CCC[C@@H]1CNC(=O)c1cc(Cl)cc2cccnc12. The fourth-order valence-electron chi connectivity index (χ4n) is 3.08. The molecule has 1 aromatic carbocycles. The molecule has 0 radical (unpaired) electrons. The normalized spacial score (nSPS) is 18.8. The zero-order chi connectivity index (χ0) is 17.3. The van der Waals surface area contributed by atoms with Gasteiger partial charge in [0.05, 0.1) is 17.3 Å². The summed E-state index contributed by atoms with van der Waals surface area (Å²) in [6.07, 6.45) is 4.36. The van der Waals surface area contributed by atoms with Crippen LogP contribution in [0.4, 0.5) is 0 Å². The first-order valence-electron chi connectivity index (χ1n) is 7.65. The van der Waals surface area contributed by atoms with Crippen molar-refractivity contribution in [2.75, 3.05) is 19.3 Å². The second kappa shape index (κ2) is 6.66. The Morgan fingerprint density at radius 2 is 2.25 bits per heavy atom. The average molecular weight is 368 g/mol. The summed E-state index contributed by atoms with van der Waals surface area (Å²) < 4.78 is 25.0. The highest BCUT2D eigenvalue weighted by molar-refractivity contribution is 7.88. The van der Waals surface area contributed by atoms with Gasteiger partial charge in [0.1, 0.15) is 0 Å². The lowest BCUT2D eigenvalue weighted by atomic mass is 10.1. The number of rotatable bonds is 4. The van der Waals surface area contributed by atoms with E-state index in [-0.39, 0.29) is 18.5 Å². The molecule has 0 spiro atoms. The Balaban J connectivity index is 1.79. The Labute approximate surface area is 145 Å². The summed E-state index contributed by atoms with van der Waals surface area (Å²) in [5.41, 5.74) is 0.966. The second-order valence-corrected chi connectivity index (χ2v) is 8.28. The third-order valence-electron chi connectivity index (χ3n) is 4.16. The number of halogens is 1. The molecule has 1 aliphatic rings. The molecular formula is C16H18ClN3O3S. The van der Waals surface area contributed by atoms with E-state index in [1.165, 1.54) is 10.6 Å². The predicted octanol–water partition coefficient (Wildman–Crippen LogP) is 2.04. The van der Waals surface area contributed by atoms with Gasteiger partial charge >= 0.3 is 0 Å². The molecule has 128 valence electrons. The van der Waals surface area contributed by atoms with Crippen molar-refractivity contribution in [1.82, 2.24) is 14.6 Å². The fraction of sp³-hybridized carbons (Fsp3) is 0.375. The summed E-state index contributed by atoms with van der Waals surface area (Å²) in [4.78, 5) is 16.8. The Bertz CT molecular complexity index is 885. The minimum Gasteiger partial charge on any atom is -0.350 e. The molecule has 2 aromatic rings. The van der Waals surface area contributed by atoms with Gasteiger partial charge in [-0.25, -0.2) is 8.42 Å². The van der Waals surface area contributed by atoms with Crippen LogP contribution in [0.3, 0.4) is 0 Å². The number of hydrogen-bond acceptors (Lipinski definition) is 4. The number of carbonyl (C=O) groups is 1. The van der Waals surface area contributed by atoms with Crippen LogP contribution in [0, 0.1) is 0 Å². The first-order valence-corrected chi connectivity index (χ1v) is 9.88. The van der Waals surface area contributed by atoms with Gasteiger partial charge < -0.3 is 5.32 Å². The van der Waals surface area contributed by atoms with E-state index in [1.54, 1.807) is 24.4 Å². The van der Waals surface area contributed by atoms with Crippen LogP contribution in [0.15, 0.2) is 30.5 Å². The van der Waals surface area contributed by atoms with E-state index in [9.17, 15) is 13.2 Å². The maximum absolute atomic E-state index is 12.5. The van der Waals surface area contributed by atoms with E-state index < -0.39 is 10.0 Å². The van der Waals surface area contributed by atoms with Crippen LogP contribution in [-0.4, -0.2) is 49.0 Å². The molecule has 6 nitrogen and oxygen atoms in total. The Morgan fingerprint density at radius 1 is 1.46 bits per heavy atom. The van der Waals surface area contributed by atoms with Crippen LogP contribution < -0.4 is 5.32 Å². The molecule has 24 heavy (non-hydrogen) atoms. The van der Waals surface area contributed by atoms with Gasteiger partial charge in [-0.15, -0.1) is 0 Å². The second-order valence-electron chi connectivity index (χ2n) is 5.91. The number of carbonyl (C=O) groups excluding carboxylic acids is 1. The highest BCUT2D eigenvalue weighted by Gasteiger charge is 2.31. The maximum Gasteiger partial charge on any atom is 0.253 e. The van der Waals surface area contributed by atoms with Gasteiger partial charge in [0.2, 0.25) is 10.0 Å². The lowest BCUT2D eigenvalue weighted by Gasteiger charge is -2.22. The van der Waals surface area contributed by atoms with E-state index in [1.807, 2.05) is 6.07 Å². The Kier molecular flexibility index (Phi) is 4.76. The molecule has 1 amide bonds. The van der Waals surface area contributed by atoms with E-state index in [4.69, 9.17) is 11.6 Å². The number of sulfonamides is 1. The standard InChI is InChI=1S/C16H18ClN3O3S/c1-24(22,23)20-7-3-5-13(20)10-19-16(21)14-9-12(17)8-11-4-2-6-18-15(11)14/h2,4,6,8-9,13H,3,5,7,10H2,1H3,(H,19,21)/t13-/m1/s1. The summed E-state index contributed by atoms with van der Waals surface area (Å²) in [6, 6.07) is 6.75. The Morgan fingerprint density at radius 3 is 3.00 bits per heavy atom. The highest BCUT2D eigenvalue weighted by Crippen LogP contribution is 2.23. The van der Waals surface area contributed by atoms with Crippen molar-refractivity contribution in [2.24, 2.45) is 0 Å². The summed E-state index contributed by atoms with van der Waals surface area (Å²) >= 11 is 6.08. The molecule has 1 atom stereocenters. The summed E-state index contributed by atoms with van der Waals surface area (Å²) in [5.74, 6) is -0.304. The topological polar surface area (TPSA) is 79.4 Å². The fourth-order valence-corrected chi connectivity index (χ4v) is 4.49. The number of aromatic nitrogens is 1. The molecular weight excluding hydrogens is 350 g/mol. The van der Waals surface area contributed by atoms with Gasteiger partial charge in [-0.3, -0.25) is 9.78 Å². The smallest absolute Gasteiger partial charge is 0.253 e. The number of benzene rings is 1. The Hall–Kier alpha value is -1.70. The first kappa shape index (κ1) is 17.1. The number of nitrogens with zero attached hydrogens (tertiary/aromatic N) is 2. The first-order chi connectivity index (χ1) is 11.4. The van der Waals surface area contributed by atoms with Crippen molar-refractivity contribution in [2.45, 2.75) is 18.9 Å². The van der Waals surface area contributed by atoms with Gasteiger partial charge in [0, 0.05) is 35.7 Å².